The zero-order valence-electron chi connectivity index (χ0n) is 15.1. The van der Waals surface area contributed by atoms with Gasteiger partial charge in [0.15, 0.2) is 5.17 Å². The van der Waals surface area contributed by atoms with Gasteiger partial charge in [-0.05, 0) is 35.5 Å². The van der Waals surface area contributed by atoms with Crippen LogP contribution < -0.4 is 0 Å². The molecule has 0 unspecified atom stereocenters. The highest BCUT2D eigenvalue weighted by Crippen LogP contribution is 2.33. The van der Waals surface area contributed by atoms with Crippen LogP contribution >= 0.6 is 35.0 Å². The number of benzene rings is 2. The molecule has 9 heteroatoms. The molecule has 0 N–H and O–H groups in total. The Labute approximate surface area is 181 Å². The molecular weight excluding hydrogens is 435 g/mol. The Morgan fingerprint density at radius 2 is 1.90 bits per heavy atom. The van der Waals surface area contributed by atoms with E-state index in [2.05, 4.69) is 9.73 Å². The number of carbonyl (C=O) groups excluding carboxylic acids is 3. The first-order chi connectivity index (χ1) is 13.9. The summed E-state index contributed by atoms with van der Waals surface area (Å²) in [6.45, 7) is 0.186. The first-order valence-electron chi connectivity index (χ1n) is 8.30. The number of thioether (sulfide) groups is 1. The maximum atomic E-state index is 12.8. The Kier molecular flexibility index (Phi) is 6.74. The van der Waals surface area contributed by atoms with Crippen LogP contribution in [0.15, 0.2) is 64.5 Å². The Morgan fingerprint density at radius 1 is 1.17 bits per heavy atom. The second-order valence-electron chi connectivity index (χ2n) is 5.83. The number of halogens is 2. The molecule has 0 spiro atoms. The van der Waals surface area contributed by atoms with Gasteiger partial charge in [-0.15, -0.1) is 0 Å². The lowest BCUT2D eigenvalue weighted by atomic mass is 10.2. The Hall–Kier alpha value is -2.61. The van der Waals surface area contributed by atoms with Gasteiger partial charge in [0.25, 0.3) is 11.8 Å². The van der Waals surface area contributed by atoms with Crippen molar-refractivity contribution in [2.24, 2.45) is 4.99 Å². The molecule has 0 atom stereocenters. The predicted octanol–water partition coefficient (Wildman–Crippen LogP) is 4.32. The average Bonchev–Trinajstić information content (AvgIpc) is 2.97. The molecule has 0 aromatic heterocycles. The van der Waals surface area contributed by atoms with Crippen molar-refractivity contribution < 1.29 is 19.1 Å². The summed E-state index contributed by atoms with van der Waals surface area (Å²) in [5.74, 6) is -1.74. The number of carbonyl (C=O) groups is 3. The monoisotopic (exact) mass is 448 g/mol. The molecule has 1 aliphatic heterocycles. The molecule has 0 saturated carbocycles. The number of methoxy groups -OCH3 is 1. The molecule has 6 nitrogen and oxygen atoms in total. The number of esters is 1. The Bertz CT molecular complexity index is 1040. The maximum Gasteiger partial charge on any atom is 0.331 e. The van der Waals surface area contributed by atoms with Crippen LogP contribution in [0.4, 0.5) is 0 Å². The fourth-order valence-corrected chi connectivity index (χ4v) is 3.90. The van der Waals surface area contributed by atoms with Crippen molar-refractivity contribution >= 4 is 57.9 Å². The summed E-state index contributed by atoms with van der Waals surface area (Å²) in [5, 5.41) is 0.685. The molecule has 1 aliphatic rings. The molecule has 0 radical (unpaired) electrons. The van der Waals surface area contributed by atoms with Gasteiger partial charge in [0.2, 0.25) is 0 Å². The fourth-order valence-electron chi connectivity index (χ4n) is 2.47. The third kappa shape index (κ3) is 5.06. The van der Waals surface area contributed by atoms with E-state index in [0.717, 1.165) is 23.4 Å². The number of ether oxygens (including phenoxy) is 1. The predicted molar refractivity (Wildman–Crippen MR) is 113 cm³/mol. The lowest BCUT2D eigenvalue weighted by Crippen LogP contribution is -2.29. The van der Waals surface area contributed by atoms with Gasteiger partial charge in [-0.2, -0.15) is 4.99 Å². The molecular formula is C20H14Cl2N2O4S. The highest BCUT2D eigenvalue weighted by atomic mass is 35.5. The van der Waals surface area contributed by atoms with E-state index in [9.17, 15) is 14.4 Å². The maximum absolute atomic E-state index is 12.8. The van der Waals surface area contributed by atoms with Crippen molar-refractivity contribution in [1.29, 1.82) is 0 Å². The topological polar surface area (TPSA) is 76.0 Å². The number of hydrogen-bond acceptors (Lipinski definition) is 5. The number of rotatable bonds is 4. The third-order valence-corrected chi connectivity index (χ3v) is 5.43. The summed E-state index contributed by atoms with van der Waals surface area (Å²) in [4.78, 5) is 42.5. The number of aliphatic imine (C=N–C) groups is 1. The summed E-state index contributed by atoms with van der Waals surface area (Å²) in [5.41, 5.74) is 0.993. The van der Waals surface area contributed by atoms with Crippen molar-refractivity contribution in [2.45, 2.75) is 6.54 Å². The van der Waals surface area contributed by atoms with Crippen molar-refractivity contribution in [1.82, 2.24) is 4.90 Å². The first-order valence-corrected chi connectivity index (χ1v) is 9.87. The zero-order valence-corrected chi connectivity index (χ0v) is 17.4. The van der Waals surface area contributed by atoms with Gasteiger partial charge in [-0.1, -0.05) is 53.5 Å². The van der Waals surface area contributed by atoms with Crippen LogP contribution in [0.3, 0.4) is 0 Å². The van der Waals surface area contributed by atoms with E-state index in [1.165, 1.54) is 30.2 Å². The van der Waals surface area contributed by atoms with E-state index < -0.39 is 17.8 Å². The highest BCUT2D eigenvalue weighted by molar-refractivity contribution is 8.18. The Morgan fingerprint density at radius 3 is 2.55 bits per heavy atom. The molecule has 2 aromatic carbocycles. The lowest BCUT2D eigenvalue weighted by Gasteiger charge is -2.15. The molecule has 0 aliphatic carbocycles. The molecule has 0 bridgehead atoms. The van der Waals surface area contributed by atoms with Crippen LogP contribution in [0.5, 0.6) is 0 Å². The third-order valence-electron chi connectivity index (χ3n) is 3.88. The second kappa shape index (κ2) is 9.26. The number of hydrogen-bond donors (Lipinski definition) is 0. The van der Waals surface area contributed by atoms with Gasteiger partial charge < -0.3 is 4.74 Å². The van der Waals surface area contributed by atoms with Gasteiger partial charge in [0.05, 0.1) is 29.1 Å². The molecule has 1 saturated heterocycles. The van der Waals surface area contributed by atoms with Gasteiger partial charge >= 0.3 is 5.97 Å². The van der Waals surface area contributed by atoms with Crippen LogP contribution in [0.2, 0.25) is 10.0 Å². The fraction of sp³-hybridized carbons (Fsp3) is 0.100. The minimum Gasteiger partial charge on any atom is -0.466 e. The molecule has 148 valence electrons. The highest BCUT2D eigenvalue weighted by Gasteiger charge is 2.35. The van der Waals surface area contributed by atoms with E-state index in [-0.39, 0.29) is 27.2 Å². The molecule has 1 heterocycles. The SMILES string of the molecule is COC(=O)C=C1SC(=NC(=O)c2ccc(Cl)cc2Cl)N(Cc2ccccc2)C1=O. The van der Waals surface area contributed by atoms with E-state index in [1.807, 2.05) is 30.3 Å². The standard InChI is InChI=1S/C20H14Cl2N2O4S/c1-28-17(25)10-16-19(27)24(11-12-5-3-2-4-6-12)20(29-16)23-18(26)14-8-7-13(21)9-15(14)22/h2-10H,11H2,1H3. The first kappa shape index (κ1) is 21.1. The van der Waals surface area contributed by atoms with Crippen LogP contribution in [0.25, 0.3) is 0 Å². The Balaban J connectivity index is 1.96. The van der Waals surface area contributed by atoms with E-state index in [0.29, 0.717) is 5.02 Å². The van der Waals surface area contributed by atoms with E-state index in [1.54, 1.807) is 0 Å². The van der Waals surface area contributed by atoms with Gasteiger partial charge in [-0.25, -0.2) is 4.79 Å². The van der Waals surface area contributed by atoms with Crippen LogP contribution in [0.1, 0.15) is 15.9 Å². The van der Waals surface area contributed by atoms with Gasteiger partial charge in [0.1, 0.15) is 0 Å². The second-order valence-corrected chi connectivity index (χ2v) is 7.69. The van der Waals surface area contributed by atoms with E-state index >= 15 is 0 Å². The van der Waals surface area contributed by atoms with Crippen LogP contribution in [-0.2, 0) is 20.9 Å². The summed E-state index contributed by atoms with van der Waals surface area (Å²) in [6.07, 6.45) is 1.08. The average molecular weight is 449 g/mol. The summed E-state index contributed by atoms with van der Waals surface area (Å²) in [6, 6.07) is 13.6. The minimum atomic E-state index is -0.672. The molecule has 3 rings (SSSR count). The number of nitrogens with zero attached hydrogens (tertiary/aromatic N) is 2. The van der Waals surface area contributed by atoms with Crippen molar-refractivity contribution in [2.75, 3.05) is 7.11 Å². The van der Waals surface area contributed by atoms with Crippen molar-refractivity contribution in [3.8, 4) is 0 Å². The lowest BCUT2D eigenvalue weighted by molar-refractivity contribution is -0.135. The summed E-state index contributed by atoms with van der Waals surface area (Å²) in [7, 11) is 1.21. The molecule has 29 heavy (non-hydrogen) atoms. The van der Waals surface area contributed by atoms with Gasteiger partial charge in [-0.3, -0.25) is 14.5 Å². The van der Waals surface area contributed by atoms with Crippen LogP contribution in [0, 0.1) is 0 Å². The van der Waals surface area contributed by atoms with E-state index in [4.69, 9.17) is 23.2 Å². The number of amides is 2. The van der Waals surface area contributed by atoms with Gasteiger partial charge in [0, 0.05) is 11.1 Å². The minimum absolute atomic E-state index is 0.113. The molecule has 1 fully saturated rings. The largest absolute Gasteiger partial charge is 0.466 e. The van der Waals surface area contributed by atoms with Crippen molar-refractivity contribution in [3.63, 3.8) is 0 Å². The summed E-state index contributed by atoms with van der Waals surface area (Å²) < 4.78 is 4.59. The number of amidine groups is 1. The normalized spacial score (nSPS) is 16.5. The zero-order chi connectivity index (χ0) is 21.0. The van der Waals surface area contributed by atoms with Crippen LogP contribution in [-0.4, -0.2) is 35.0 Å². The van der Waals surface area contributed by atoms with Crippen molar-refractivity contribution in [3.05, 3.63) is 80.7 Å². The molecule has 2 aromatic rings. The summed E-state index contributed by atoms with van der Waals surface area (Å²) >= 11 is 12.9. The smallest absolute Gasteiger partial charge is 0.331 e. The quantitative estimate of drug-likeness (QED) is 0.513. The molecule has 2 amide bonds.